The van der Waals surface area contributed by atoms with Crippen molar-refractivity contribution in [3.05, 3.63) is 66.2 Å². The second kappa shape index (κ2) is 9.38. The van der Waals surface area contributed by atoms with E-state index < -0.39 is 0 Å². The van der Waals surface area contributed by atoms with Crippen LogP contribution in [0.15, 0.2) is 55.0 Å². The number of benzene rings is 1. The number of carbonyl (C=O) groups is 1. The van der Waals surface area contributed by atoms with Crippen LogP contribution in [0.2, 0.25) is 0 Å². The van der Waals surface area contributed by atoms with E-state index in [4.69, 9.17) is 0 Å². The number of amides is 1. The van der Waals surface area contributed by atoms with Crippen molar-refractivity contribution in [1.29, 1.82) is 0 Å². The van der Waals surface area contributed by atoms with Crippen molar-refractivity contribution >= 4 is 5.91 Å². The van der Waals surface area contributed by atoms with Gasteiger partial charge in [-0.15, -0.1) is 5.10 Å². The van der Waals surface area contributed by atoms with Gasteiger partial charge < -0.3 is 10.2 Å². The molecule has 1 aliphatic heterocycles. The Balaban J connectivity index is 1.49. The molecule has 29 heavy (non-hydrogen) atoms. The minimum Gasteiger partial charge on any atom is -0.333 e. The second-order valence-electron chi connectivity index (χ2n) is 7.28. The van der Waals surface area contributed by atoms with E-state index in [-0.39, 0.29) is 11.9 Å². The van der Waals surface area contributed by atoms with Crippen LogP contribution in [0, 0.1) is 0 Å². The van der Waals surface area contributed by atoms with E-state index in [0.717, 1.165) is 49.3 Å². The predicted molar refractivity (Wildman–Crippen MR) is 108 cm³/mol. The highest BCUT2D eigenvalue weighted by Gasteiger charge is 2.25. The van der Waals surface area contributed by atoms with Crippen molar-refractivity contribution in [3.63, 3.8) is 0 Å². The molecule has 0 bridgehead atoms. The zero-order valence-corrected chi connectivity index (χ0v) is 16.3. The molecule has 1 aromatic carbocycles. The lowest BCUT2D eigenvalue weighted by Gasteiger charge is -2.31. The first kappa shape index (κ1) is 19.2. The highest BCUT2D eigenvalue weighted by Crippen LogP contribution is 2.18. The fourth-order valence-corrected chi connectivity index (χ4v) is 3.72. The summed E-state index contributed by atoms with van der Waals surface area (Å²) in [6, 6.07) is 13.9. The molecular weight excluding hydrogens is 366 g/mol. The van der Waals surface area contributed by atoms with Crippen molar-refractivity contribution < 1.29 is 4.79 Å². The molecule has 1 atom stereocenters. The Labute approximate surface area is 169 Å². The third-order valence-corrected chi connectivity index (χ3v) is 5.27. The van der Waals surface area contributed by atoms with Crippen LogP contribution in [0.25, 0.3) is 5.69 Å². The number of pyridine rings is 1. The molecule has 3 heterocycles. The summed E-state index contributed by atoms with van der Waals surface area (Å²) in [6.07, 6.45) is 6.77. The molecule has 1 fully saturated rings. The van der Waals surface area contributed by atoms with E-state index in [9.17, 15) is 4.79 Å². The smallest absolute Gasteiger partial charge is 0.227 e. The average Bonchev–Trinajstić information content (AvgIpc) is 3.16. The van der Waals surface area contributed by atoms with Crippen molar-refractivity contribution in [2.75, 3.05) is 13.1 Å². The van der Waals surface area contributed by atoms with Crippen LogP contribution >= 0.6 is 0 Å². The quantitative estimate of drug-likeness (QED) is 0.689. The first-order chi connectivity index (χ1) is 14.3. The van der Waals surface area contributed by atoms with Gasteiger partial charge >= 0.3 is 0 Å². The predicted octanol–water partition coefficient (Wildman–Crippen LogP) is 1.77. The molecule has 2 aromatic heterocycles. The molecular formula is C21H25N7O. The Bertz CT molecular complexity index is 889. The van der Waals surface area contributed by atoms with Crippen LogP contribution in [-0.2, 0) is 17.8 Å². The van der Waals surface area contributed by atoms with Crippen molar-refractivity contribution in [2.24, 2.45) is 0 Å². The molecule has 0 aliphatic carbocycles. The van der Waals surface area contributed by atoms with Gasteiger partial charge in [-0.3, -0.25) is 9.78 Å². The van der Waals surface area contributed by atoms with Gasteiger partial charge in [0.25, 0.3) is 0 Å². The second-order valence-corrected chi connectivity index (χ2v) is 7.28. The summed E-state index contributed by atoms with van der Waals surface area (Å²) in [5, 5.41) is 14.6. The zero-order chi connectivity index (χ0) is 19.9. The fourth-order valence-electron chi connectivity index (χ4n) is 3.72. The molecule has 4 rings (SSSR count). The van der Waals surface area contributed by atoms with Gasteiger partial charge in [0.15, 0.2) is 0 Å². The van der Waals surface area contributed by atoms with E-state index in [1.165, 1.54) is 0 Å². The van der Waals surface area contributed by atoms with Gasteiger partial charge in [0.1, 0.15) is 6.33 Å². The molecule has 150 valence electrons. The summed E-state index contributed by atoms with van der Waals surface area (Å²) in [4.78, 5) is 19.7. The Hall–Kier alpha value is -3.13. The van der Waals surface area contributed by atoms with Gasteiger partial charge in [-0.2, -0.15) is 0 Å². The fraction of sp³-hybridized carbons (Fsp3) is 0.381. The summed E-state index contributed by atoms with van der Waals surface area (Å²) >= 11 is 0. The topological polar surface area (TPSA) is 88.8 Å². The first-order valence-electron chi connectivity index (χ1n) is 10.0. The lowest BCUT2D eigenvalue weighted by Crippen LogP contribution is -2.41. The molecule has 0 saturated carbocycles. The number of nitrogens with zero attached hydrogens (tertiary/aromatic N) is 6. The summed E-state index contributed by atoms with van der Waals surface area (Å²) in [5.41, 5.74) is 2.77. The van der Waals surface area contributed by atoms with Crippen LogP contribution in [0.5, 0.6) is 0 Å². The number of carbonyl (C=O) groups excluding carboxylic acids is 1. The average molecular weight is 391 g/mol. The standard InChI is InChI=1S/C21H25N7O/c29-21(14-17-6-8-20(9-7-17)28-16-24-25-26-28)27(15-18-4-1-2-12-23-18)19-5-3-11-22-13-10-19/h1-2,4,6-9,12,16,19,22H,3,5,10-11,13-15H2. The van der Waals surface area contributed by atoms with Gasteiger partial charge in [0.2, 0.25) is 5.91 Å². The van der Waals surface area contributed by atoms with E-state index in [2.05, 4.69) is 25.8 Å². The monoisotopic (exact) mass is 391 g/mol. The van der Waals surface area contributed by atoms with Crippen LogP contribution in [-0.4, -0.2) is 55.1 Å². The summed E-state index contributed by atoms with van der Waals surface area (Å²) in [6.45, 7) is 2.51. The molecule has 1 N–H and O–H groups in total. The molecule has 1 aliphatic rings. The molecule has 8 heteroatoms. The van der Waals surface area contributed by atoms with Gasteiger partial charge in [0, 0.05) is 12.2 Å². The zero-order valence-electron chi connectivity index (χ0n) is 16.3. The molecule has 0 spiro atoms. The van der Waals surface area contributed by atoms with E-state index >= 15 is 0 Å². The minimum atomic E-state index is 0.137. The van der Waals surface area contributed by atoms with E-state index in [1.807, 2.05) is 47.4 Å². The van der Waals surface area contributed by atoms with Crippen molar-refractivity contribution in [1.82, 2.24) is 35.4 Å². The van der Waals surface area contributed by atoms with Crippen LogP contribution < -0.4 is 5.32 Å². The summed E-state index contributed by atoms with van der Waals surface area (Å²) in [5.74, 6) is 0.137. The molecule has 3 aromatic rings. The Morgan fingerprint density at radius 2 is 2.03 bits per heavy atom. The van der Waals surface area contributed by atoms with Crippen molar-refractivity contribution in [2.45, 2.75) is 38.3 Å². The SMILES string of the molecule is O=C(Cc1ccc(-n2cnnn2)cc1)N(Cc1ccccn1)C1CCCNCC1. The lowest BCUT2D eigenvalue weighted by atomic mass is 10.0. The van der Waals surface area contributed by atoms with Gasteiger partial charge in [-0.25, -0.2) is 4.68 Å². The van der Waals surface area contributed by atoms with Crippen LogP contribution in [0.3, 0.4) is 0 Å². The summed E-state index contributed by atoms with van der Waals surface area (Å²) < 4.78 is 1.59. The minimum absolute atomic E-state index is 0.137. The molecule has 8 nitrogen and oxygen atoms in total. The number of aromatic nitrogens is 5. The van der Waals surface area contributed by atoms with Gasteiger partial charge in [0.05, 0.1) is 24.3 Å². The maximum Gasteiger partial charge on any atom is 0.227 e. The Morgan fingerprint density at radius 1 is 1.14 bits per heavy atom. The van der Waals surface area contributed by atoms with Crippen molar-refractivity contribution in [3.8, 4) is 5.69 Å². The van der Waals surface area contributed by atoms with E-state index in [1.54, 1.807) is 17.2 Å². The normalized spacial score (nSPS) is 16.9. The van der Waals surface area contributed by atoms with Crippen LogP contribution in [0.4, 0.5) is 0 Å². The molecule has 1 amide bonds. The maximum atomic E-state index is 13.3. The maximum absolute atomic E-state index is 13.3. The Morgan fingerprint density at radius 3 is 2.79 bits per heavy atom. The number of hydrogen-bond acceptors (Lipinski definition) is 6. The first-order valence-corrected chi connectivity index (χ1v) is 10.0. The molecule has 1 unspecified atom stereocenters. The van der Waals surface area contributed by atoms with Gasteiger partial charge in [-0.05, 0) is 72.6 Å². The van der Waals surface area contributed by atoms with E-state index in [0.29, 0.717) is 13.0 Å². The number of tetrazole rings is 1. The lowest BCUT2D eigenvalue weighted by molar-refractivity contribution is -0.133. The molecule has 1 saturated heterocycles. The largest absolute Gasteiger partial charge is 0.333 e. The van der Waals surface area contributed by atoms with Crippen LogP contribution in [0.1, 0.15) is 30.5 Å². The third-order valence-electron chi connectivity index (χ3n) is 5.27. The molecule has 0 radical (unpaired) electrons. The Kier molecular flexibility index (Phi) is 6.21. The highest BCUT2D eigenvalue weighted by molar-refractivity contribution is 5.79. The number of hydrogen-bond donors (Lipinski definition) is 1. The third kappa shape index (κ3) is 5.03. The number of rotatable bonds is 6. The summed E-state index contributed by atoms with van der Waals surface area (Å²) in [7, 11) is 0. The highest BCUT2D eigenvalue weighted by atomic mass is 16.2. The number of nitrogens with one attached hydrogen (secondary N) is 1. The van der Waals surface area contributed by atoms with Gasteiger partial charge in [-0.1, -0.05) is 18.2 Å².